The van der Waals surface area contributed by atoms with Gasteiger partial charge in [0.25, 0.3) is 0 Å². The van der Waals surface area contributed by atoms with Crippen molar-refractivity contribution < 1.29 is 14.7 Å². The van der Waals surface area contributed by atoms with E-state index >= 15 is 0 Å². The molecule has 3 N–H and O–H groups in total. The maximum atomic E-state index is 11.9. The van der Waals surface area contributed by atoms with Gasteiger partial charge in [0, 0.05) is 10.1 Å². The smallest absolute Gasteiger partial charge is 0.337 e. The Labute approximate surface area is 138 Å². The summed E-state index contributed by atoms with van der Waals surface area (Å²) in [4.78, 5) is 23.1. The van der Waals surface area contributed by atoms with Crippen molar-refractivity contribution >= 4 is 40.3 Å². The number of carbonyl (C=O) groups is 2. The highest BCUT2D eigenvalue weighted by atomic mass is 127. The van der Waals surface area contributed by atoms with Gasteiger partial charge in [-0.15, -0.1) is 0 Å². The van der Waals surface area contributed by atoms with E-state index in [-0.39, 0.29) is 11.0 Å². The van der Waals surface area contributed by atoms with E-state index in [9.17, 15) is 9.59 Å². The number of carboxylic acid groups (broad SMARTS) is 1. The van der Waals surface area contributed by atoms with E-state index in [4.69, 9.17) is 5.11 Å². The molecule has 0 spiro atoms. The van der Waals surface area contributed by atoms with Crippen molar-refractivity contribution in [3.05, 3.63) is 27.3 Å². The molecule has 5 nitrogen and oxygen atoms in total. The Bertz CT molecular complexity index is 542. The molecule has 0 aliphatic carbocycles. The maximum Gasteiger partial charge on any atom is 0.337 e. The van der Waals surface area contributed by atoms with Crippen LogP contribution in [0.15, 0.2) is 18.2 Å². The van der Waals surface area contributed by atoms with Crippen LogP contribution in [0.1, 0.15) is 38.1 Å². The SMILES string of the molecule is CC(C)C(C)(C)CNC(=O)Nc1ccc(I)cc1C(=O)O. The molecule has 1 aromatic rings. The van der Waals surface area contributed by atoms with Crippen LogP contribution in [0.5, 0.6) is 0 Å². The van der Waals surface area contributed by atoms with Crippen LogP contribution >= 0.6 is 22.6 Å². The van der Waals surface area contributed by atoms with Gasteiger partial charge in [-0.25, -0.2) is 9.59 Å². The average molecular weight is 404 g/mol. The third kappa shape index (κ3) is 5.18. The normalized spacial score (nSPS) is 11.3. The molecule has 1 aromatic carbocycles. The number of anilines is 1. The van der Waals surface area contributed by atoms with E-state index in [1.807, 2.05) is 22.6 Å². The predicted octanol–water partition coefficient (Wildman–Crippen LogP) is 3.79. The third-order valence-electron chi connectivity index (χ3n) is 3.73. The van der Waals surface area contributed by atoms with Gasteiger partial charge < -0.3 is 15.7 Å². The first-order valence-corrected chi connectivity index (χ1v) is 7.79. The summed E-state index contributed by atoms with van der Waals surface area (Å²) in [6, 6.07) is 4.47. The lowest BCUT2D eigenvalue weighted by Gasteiger charge is -2.29. The molecule has 2 amide bonds. The van der Waals surface area contributed by atoms with E-state index in [1.165, 1.54) is 6.07 Å². The van der Waals surface area contributed by atoms with Crippen LogP contribution < -0.4 is 10.6 Å². The van der Waals surface area contributed by atoms with E-state index in [1.54, 1.807) is 12.1 Å². The summed E-state index contributed by atoms with van der Waals surface area (Å²) < 4.78 is 0.803. The first-order valence-electron chi connectivity index (χ1n) is 6.71. The van der Waals surface area contributed by atoms with Crippen molar-refractivity contribution in [2.24, 2.45) is 11.3 Å². The molecule has 0 saturated carbocycles. The van der Waals surface area contributed by atoms with Gasteiger partial charge in [0.15, 0.2) is 0 Å². The molecule has 0 bridgehead atoms. The van der Waals surface area contributed by atoms with Gasteiger partial charge >= 0.3 is 12.0 Å². The number of hydrogen-bond donors (Lipinski definition) is 3. The summed E-state index contributed by atoms with van der Waals surface area (Å²) in [6.45, 7) is 8.86. The third-order valence-corrected chi connectivity index (χ3v) is 4.40. The molecule has 0 radical (unpaired) electrons. The van der Waals surface area contributed by atoms with Crippen LogP contribution in [0.25, 0.3) is 0 Å². The van der Waals surface area contributed by atoms with Gasteiger partial charge in [0.2, 0.25) is 0 Å². The zero-order valence-corrected chi connectivity index (χ0v) is 14.8. The van der Waals surface area contributed by atoms with Crippen LogP contribution in [-0.2, 0) is 0 Å². The number of carboxylic acids is 1. The lowest BCUT2D eigenvalue weighted by molar-refractivity contribution is 0.0698. The summed E-state index contributed by atoms with van der Waals surface area (Å²) in [5.41, 5.74) is 0.349. The number of hydrogen-bond acceptors (Lipinski definition) is 2. The topological polar surface area (TPSA) is 78.4 Å². The molecule has 0 atom stereocenters. The second-order valence-electron chi connectivity index (χ2n) is 5.95. The highest BCUT2D eigenvalue weighted by molar-refractivity contribution is 14.1. The summed E-state index contributed by atoms with van der Waals surface area (Å²) in [6.07, 6.45) is 0. The molecule has 0 aliphatic heterocycles. The monoisotopic (exact) mass is 404 g/mol. The van der Waals surface area contributed by atoms with Gasteiger partial charge in [-0.2, -0.15) is 0 Å². The van der Waals surface area contributed by atoms with Crippen LogP contribution in [0.4, 0.5) is 10.5 Å². The summed E-state index contributed by atoms with van der Waals surface area (Å²) in [5, 5.41) is 14.5. The largest absolute Gasteiger partial charge is 0.478 e. The molecule has 0 saturated heterocycles. The minimum absolute atomic E-state index is 0.0287. The molecule has 0 aliphatic rings. The number of nitrogens with one attached hydrogen (secondary N) is 2. The minimum Gasteiger partial charge on any atom is -0.478 e. The zero-order valence-electron chi connectivity index (χ0n) is 12.7. The Kier molecular flexibility index (Phi) is 6.00. The first-order chi connectivity index (χ1) is 9.63. The number of aromatic carboxylic acids is 1. The molecule has 0 heterocycles. The molecule has 6 heteroatoms. The summed E-state index contributed by atoms with van der Waals surface area (Å²) >= 11 is 2.03. The Balaban J connectivity index is 2.74. The van der Waals surface area contributed by atoms with Crippen LogP contribution in [-0.4, -0.2) is 23.7 Å². The molecule has 0 aromatic heterocycles. The Hall–Kier alpha value is -1.31. The van der Waals surface area contributed by atoms with Gasteiger partial charge in [0.1, 0.15) is 0 Å². The molecule has 116 valence electrons. The fourth-order valence-electron chi connectivity index (χ4n) is 1.48. The van der Waals surface area contributed by atoms with E-state index in [2.05, 4.69) is 38.3 Å². The van der Waals surface area contributed by atoms with Crippen LogP contribution in [0.3, 0.4) is 0 Å². The number of benzene rings is 1. The van der Waals surface area contributed by atoms with Gasteiger partial charge in [-0.3, -0.25) is 0 Å². The number of rotatable bonds is 5. The summed E-state index contributed by atoms with van der Waals surface area (Å²) in [5.74, 6) is -0.642. The molecule has 0 fully saturated rings. The van der Waals surface area contributed by atoms with Crippen LogP contribution in [0, 0.1) is 14.9 Å². The molecule has 0 unspecified atom stereocenters. The minimum atomic E-state index is -1.06. The number of urea groups is 1. The first kappa shape index (κ1) is 17.7. The molecule has 21 heavy (non-hydrogen) atoms. The number of amides is 2. The van der Waals surface area contributed by atoms with Crippen molar-refractivity contribution in [2.45, 2.75) is 27.7 Å². The number of halogens is 1. The van der Waals surface area contributed by atoms with Crippen molar-refractivity contribution in [1.82, 2.24) is 5.32 Å². The average Bonchev–Trinajstić information content (AvgIpc) is 2.38. The van der Waals surface area contributed by atoms with E-state index in [0.29, 0.717) is 18.2 Å². The molecular formula is C15H21IN2O3. The predicted molar refractivity (Wildman–Crippen MR) is 91.8 cm³/mol. The van der Waals surface area contributed by atoms with Gasteiger partial charge in [0.05, 0.1) is 11.3 Å². The Morgan fingerprint density at radius 2 is 1.95 bits per heavy atom. The fourth-order valence-corrected chi connectivity index (χ4v) is 1.97. The highest BCUT2D eigenvalue weighted by Crippen LogP contribution is 2.25. The fraction of sp³-hybridized carbons (Fsp3) is 0.467. The van der Waals surface area contributed by atoms with Crippen molar-refractivity contribution in [3.63, 3.8) is 0 Å². The standard InChI is InChI=1S/C15H21IN2O3/c1-9(2)15(3,4)8-17-14(21)18-12-6-5-10(16)7-11(12)13(19)20/h5-7,9H,8H2,1-4H3,(H,19,20)(H2,17,18,21). The second-order valence-corrected chi connectivity index (χ2v) is 7.19. The quantitative estimate of drug-likeness (QED) is 0.654. The van der Waals surface area contributed by atoms with Crippen molar-refractivity contribution in [1.29, 1.82) is 0 Å². The van der Waals surface area contributed by atoms with Crippen molar-refractivity contribution in [2.75, 3.05) is 11.9 Å². The number of carbonyl (C=O) groups excluding carboxylic acids is 1. The van der Waals surface area contributed by atoms with Gasteiger partial charge in [-0.05, 0) is 52.1 Å². The van der Waals surface area contributed by atoms with E-state index in [0.717, 1.165) is 3.57 Å². The highest BCUT2D eigenvalue weighted by Gasteiger charge is 2.23. The Morgan fingerprint density at radius 1 is 1.33 bits per heavy atom. The Morgan fingerprint density at radius 3 is 2.48 bits per heavy atom. The lowest BCUT2D eigenvalue weighted by Crippen LogP contribution is -2.39. The zero-order chi connectivity index (χ0) is 16.2. The molecule has 1 rings (SSSR count). The molecular weight excluding hydrogens is 383 g/mol. The summed E-state index contributed by atoms with van der Waals surface area (Å²) in [7, 11) is 0. The van der Waals surface area contributed by atoms with E-state index < -0.39 is 12.0 Å². The van der Waals surface area contributed by atoms with Crippen molar-refractivity contribution in [3.8, 4) is 0 Å². The maximum absolute atomic E-state index is 11.9. The second kappa shape index (κ2) is 7.11. The van der Waals surface area contributed by atoms with Crippen LogP contribution in [0.2, 0.25) is 0 Å². The van der Waals surface area contributed by atoms with Gasteiger partial charge in [-0.1, -0.05) is 27.7 Å². The lowest BCUT2D eigenvalue weighted by atomic mass is 9.81.